The summed E-state index contributed by atoms with van der Waals surface area (Å²) in [6.45, 7) is 9.03. The molecule has 0 bridgehead atoms. The normalized spacial score (nSPS) is 15.4. The van der Waals surface area contributed by atoms with Gasteiger partial charge >= 0.3 is 12.0 Å². The molecule has 1 saturated carbocycles. The van der Waals surface area contributed by atoms with Gasteiger partial charge < -0.3 is 19.9 Å². The number of hydrogen-bond donors (Lipinski definition) is 3. The molecule has 1 atom stereocenters. The molecule has 8 heteroatoms. The number of carboxylic acid groups (broad SMARTS) is 1. The van der Waals surface area contributed by atoms with E-state index in [1.54, 1.807) is 14.0 Å². The minimum Gasteiger partial charge on any atom is -0.497 e. The zero-order valence-corrected chi connectivity index (χ0v) is 21.5. The number of anilines is 1. The Morgan fingerprint density at radius 1 is 1.09 bits per heavy atom. The van der Waals surface area contributed by atoms with Gasteiger partial charge in [-0.25, -0.2) is 14.6 Å². The van der Waals surface area contributed by atoms with Crippen LogP contribution in [0, 0.1) is 13.8 Å². The van der Waals surface area contributed by atoms with Crippen LogP contribution in [0.5, 0.6) is 5.75 Å². The lowest BCUT2D eigenvalue weighted by Gasteiger charge is -2.29. The highest BCUT2D eigenvalue weighted by atomic mass is 16.5. The Bertz CT molecular complexity index is 1050. The van der Waals surface area contributed by atoms with Crippen LogP contribution in [-0.2, 0) is 9.53 Å². The lowest BCUT2D eigenvalue weighted by Crippen LogP contribution is -2.39. The van der Waals surface area contributed by atoms with Gasteiger partial charge in [0.2, 0.25) is 0 Å². The molecule has 1 heterocycles. The number of nitrogens with one attached hydrogen (secondary N) is 2. The largest absolute Gasteiger partial charge is 0.497 e. The van der Waals surface area contributed by atoms with Gasteiger partial charge in [0.25, 0.3) is 0 Å². The number of carbonyl (C=O) groups is 2. The Morgan fingerprint density at radius 2 is 1.71 bits per heavy atom. The minimum absolute atomic E-state index is 0.138. The number of nitrogens with zero attached hydrogens (tertiary/aromatic N) is 1. The number of methoxy groups -OCH3 is 1. The number of urea groups is 1. The number of carboxylic acids is 1. The quantitative estimate of drug-likeness (QED) is 0.461. The lowest BCUT2D eigenvalue weighted by atomic mass is 9.91. The third-order valence-electron chi connectivity index (χ3n) is 6.18. The van der Waals surface area contributed by atoms with E-state index in [2.05, 4.69) is 15.6 Å². The first-order chi connectivity index (χ1) is 16.5. The predicted molar refractivity (Wildman–Crippen MR) is 136 cm³/mol. The topological polar surface area (TPSA) is 110 Å². The maximum Gasteiger partial charge on any atom is 0.337 e. The van der Waals surface area contributed by atoms with Crippen molar-refractivity contribution in [3.05, 3.63) is 41.1 Å². The summed E-state index contributed by atoms with van der Waals surface area (Å²) in [5.41, 5.74) is 2.36. The van der Waals surface area contributed by atoms with Gasteiger partial charge in [0.1, 0.15) is 11.6 Å². The first kappa shape index (κ1) is 26.5. The summed E-state index contributed by atoms with van der Waals surface area (Å²) in [6.07, 6.45) is 4.07. The molecular formula is C27H37N3O5. The van der Waals surface area contributed by atoms with Gasteiger partial charge in [-0.15, -0.1) is 0 Å². The van der Waals surface area contributed by atoms with Gasteiger partial charge in [0.05, 0.1) is 12.7 Å². The molecule has 3 rings (SSSR count). The summed E-state index contributed by atoms with van der Waals surface area (Å²) < 4.78 is 11.3. The number of amides is 2. The highest BCUT2D eigenvalue weighted by molar-refractivity contribution is 5.91. The van der Waals surface area contributed by atoms with Crippen LogP contribution in [0.4, 0.5) is 10.6 Å². The summed E-state index contributed by atoms with van der Waals surface area (Å²) in [5, 5.41) is 16.1. The Kier molecular flexibility index (Phi) is 8.38. The molecule has 0 unspecified atom stereocenters. The Hall–Kier alpha value is -3.13. The number of aliphatic carboxylic acids is 1. The van der Waals surface area contributed by atoms with Crippen molar-refractivity contribution in [1.82, 2.24) is 10.3 Å². The highest BCUT2D eigenvalue weighted by Gasteiger charge is 2.33. The Labute approximate surface area is 207 Å². The van der Waals surface area contributed by atoms with Crippen LogP contribution in [0.25, 0.3) is 11.1 Å². The molecule has 1 aliphatic rings. The Balaban J connectivity index is 2.08. The summed E-state index contributed by atoms with van der Waals surface area (Å²) in [5.74, 6) is -0.0937. The molecule has 190 valence electrons. The molecule has 1 aliphatic carbocycles. The van der Waals surface area contributed by atoms with Gasteiger partial charge in [0, 0.05) is 22.9 Å². The number of carbonyl (C=O) groups excluding carboxylic acids is 1. The van der Waals surface area contributed by atoms with E-state index in [-0.39, 0.29) is 12.1 Å². The first-order valence-electron chi connectivity index (χ1n) is 12.1. The average molecular weight is 484 g/mol. The molecule has 35 heavy (non-hydrogen) atoms. The molecule has 0 saturated heterocycles. The highest BCUT2D eigenvalue weighted by Crippen LogP contribution is 2.39. The first-order valence-corrected chi connectivity index (χ1v) is 12.1. The molecule has 0 radical (unpaired) electrons. The van der Waals surface area contributed by atoms with Gasteiger partial charge in [-0.2, -0.15) is 0 Å². The van der Waals surface area contributed by atoms with E-state index in [1.165, 1.54) is 6.42 Å². The van der Waals surface area contributed by atoms with Crippen molar-refractivity contribution >= 4 is 17.8 Å². The molecule has 1 fully saturated rings. The number of hydrogen-bond acceptors (Lipinski definition) is 5. The van der Waals surface area contributed by atoms with Crippen LogP contribution in [0.2, 0.25) is 0 Å². The molecule has 1 aromatic heterocycles. The Morgan fingerprint density at radius 3 is 2.26 bits per heavy atom. The van der Waals surface area contributed by atoms with Gasteiger partial charge in [-0.05, 0) is 70.7 Å². The average Bonchev–Trinajstić information content (AvgIpc) is 2.79. The van der Waals surface area contributed by atoms with Crippen molar-refractivity contribution in [3.63, 3.8) is 0 Å². The van der Waals surface area contributed by atoms with E-state index in [9.17, 15) is 14.7 Å². The van der Waals surface area contributed by atoms with Crippen molar-refractivity contribution in [3.8, 4) is 16.9 Å². The second-order valence-corrected chi connectivity index (χ2v) is 10.1. The van der Waals surface area contributed by atoms with Crippen LogP contribution in [0.3, 0.4) is 0 Å². The summed E-state index contributed by atoms with van der Waals surface area (Å²) in [6, 6.07) is 7.17. The molecule has 1 aromatic carbocycles. The fourth-order valence-corrected chi connectivity index (χ4v) is 4.55. The van der Waals surface area contributed by atoms with Gasteiger partial charge in [-0.3, -0.25) is 5.32 Å². The maximum atomic E-state index is 12.8. The maximum absolute atomic E-state index is 12.8. The number of benzene rings is 1. The summed E-state index contributed by atoms with van der Waals surface area (Å²) >= 11 is 0. The van der Waals surface area contributed by atoms with Crippen LogP contribution < -0.4 is 15.4 Å². The van der Waals surface area contributed by atoms with Crippen LogP contribution in [0.15, 0.2) is 24.3 Å². The van der Waals surface area contributed by atoms with Gasteiger partial charge in [-0.1, -0.05) is 31.4 Å². The van der Waals surface area contributed by atoms with E-state index >= 15 is 0 Å². The van der Waals surface area contributed by atoms with Crippen LogP contribution >= 0.6 is 0 Å². The minimum atomic E-state index is -1.25. The van der Waals surface area contributed by atoms with Crippen LogP contribution in [-0.4, -0.2) is 40.8 Å². The van der Waals surface area contributed by atoms with Crippen molar-refractivity contribution < 1.29 is 24.2 Å². The lowest BCUT2D eigenvalue weighted by molar-refractivity contribution is -0.160. The number of rotatable bonds is 7. The fraction of sp³-hybridized carbons (Fsp3) is 0.519. The monoisotopic (exact) mass is 483 g/mol. The van der Waals surface area contributed by atoms with E-state index in [1.807, 2.05) is 52.0 Å². The molecule has 2 aromatic rings. The second kappa shape index (κ2) is 11.1. The predicted octanol–water partition coefficient (Wildman–Crippen LogP) is 5.77. The molecule has 0 spiro atoms. The summed E-state index contributed by atoms with van der Waals surface area (Å²) in [7, 11) is 1.59. The molecule has 3 N–H and O–H groups in total. The van der Waals surface area contributed by atoms with Crippen molar-refractivity contribution in [2.45, 2.75) is 84.5 Å². The zero-order chi connectivity index (χ0) is 25.8. The number of aromatic nitrogens is 1. The zero-order valence-electron chi connectivity index (χ0n) is 21.5. The van der Waals surface area contributed by atoms with Gasteiger partial charge in [0.15, 0.2) is 6.10 Å². The van der Waals surface area contributed by atoms with E-state index in [0.717, 1.165) is 31.2 Å². The third kappa shape index (κ3) is 6.72. The molecule has 2 amide bonds. The van der Waals surface area contributed by atoms with E-state index < -0.39 is 17.7 Å². The SMILES string of the molecule is COc1ccc(-c2c(C)nc(NC(=O)NC3CCCCC3)c(C)c2[C@H](OC(C)(C)C)C(=O)O)cc1. The molecule has 0 aliphatic heterocycles. The number of aryl methyl sites for hydroxylation is 1. The standard InChI is InChI=1S/C27H37N3O5/c1-16-21(23(25(31)32)35-27(3,4)5)22(18-12-14-20(34-6)15-13-18)17(2)28-24(16)30-26(33)29-19-10-8-7-9-11-19/h12-15,19,23H,7-11H2,1-6H3,(H,31,32)(H2,28,29,30,33)/t23-/m0/s1. The second-order valence-electron chi connectivity index (χ2n) is 10.1. The van der Waals surface area contributed by atoms with Crippen molar-refractivity contribution in [1.29, 1.82) is 0 Å². The number of ether oxygens (including phenoxy) is 2. The molecular weight excluding hydrogens is 446 g/mol. The van der Waals surface area contributed by atoms with Crippen molar-refractivity contribution in [2.24, 2.45) is 0 Å². The van der Waals surface area contributed by atoms with Crippen molar-refractivity contribution in [2.75, 3.05) is 12.4 Å². The van der Waals surface area contributed by atoms with E-state index in [4.69, 9.17) is 9.47 Å². The fourth-order valence-electron chi connectivity index (χ4n) is 4.55. The van der Waals surface area contributed by atoms with E-state index in [0.29, 0.717) is 34.0 Å². The smallest absolute Gasteiger partial charge is 0.337 e. The number of pyridine rings is 1. The van der Waals surface area contributed by atoms with Crippen LogP contribution in [0.1, 0.15) is 75.8 Å². The summed E-state index contributed by atoms with van der Waals surface area (Å²) in [4.78, 5) is 29.9. The third-order valence-corrected chi connectivity index (χ3v) is 6.18. The molecule has 8 nitrogen and oxygen atoms in total.